The zero-order valence-corrected chi connectivity index (χ0v) is 13.2. The average Bonchev–Trinajstić information content (AvgIpc) is 3.19. The lowest BCUT2D eigenvalue weighted by atomic mass is 9.83. The highest BCUT2D eigenvalue weighted by Crippen LogP contribution is 2.28. The zero-order valence-electron chi connectivity index (χ0n) is 12.3. The van der Waals surface area contributed by atoms with Gasteiger partial charge in [0.25, 0.3) is 10.2 Å². The highest BCUT2D eigenvalue weighted by atomic mass is 32.2. The molecular weight excluding hydrogens is 274 g/mol. The van der Waals surface area contributed by atoms with Gasteiger partial charge in [0.15, 0.2) is 0 Å². The second-order valence-electron chi connectivity index (χ2n) is 6.95. The molecule has 0 amide bonds. The first kappa shape index (κ1) is 14.8. The topological polar surface area (TPSA) is 61.4 Å². The van der Waals surface area contributed by atoms with Crippen molar-refractivity contribution in [3.8, 4) is 0 Å². The van der Waals surface area contributed by atoms with Crippen LogP contribution in [0.3, 0.4) is 0 Å². The first-order chi connectivity index (χ1) is 9.53. The van der Waals surface area contributed by atoms with Gasteiger partial charge < -0.3 is 5.32 Å². The Hall–Kier alpha value is -0.170. The molecule has 116 valence electrons. The van der Waals surface area contributed by atoms with E-state index >= 15 is 0 Å². The quantitative estimate of drug-likeness (QED) is 0.772. The van der Waals surface area contributed by atoms with Crippen LogP contribution in [0.1, 0.15) is 45.4 Å². The maximum absolute atomic E-state index is 12.4. The maximum Gasteiger partial charge on any atom is 0.279 e. The molecule has 1 aliphatic heterocycles. The molecule has 3 rings (SSSR count). The average molecular weight is 301 g/mol. The summed E-state index contributed by atoms with van der Waals surface area (Å²) in [5.74, 6) is 1.14. The first-order valence-corrected chi connectivity index (χ1v) is 9.48. The first-order valence-electron chi connectivity index (χ1n) is 8.03. The third kappa shape index (κ3) is 3.72. The van der Waals surface area contributed by atoms with E-state index in [-0.39, 0.29) is 6.04 Å². The standard InChI is InChI=1S/C14H27N3O2S/c1-11-7-14(8-11)16-20(18,19)17-6-2-3-12(10-17)9-15-13-4-5-13/h11-16H,2-10H2,1H3. The van der Waals surface area contributed by atoms with Crippen LogP contribution in [0.2, 0.25) is 0 Å². The predicted octanol–water partition coefficient (Wildman–Crippen LogP) is 1.08. The Labute approximate surface area is 122 Å². The Morgan fingerprint density at radius 2 is 1.90 bits per heavy atom. The molecular formula is C14H27N3O2S. The van der Waals surface area contributed by atoms with E-state index in [0.717, 1.165) is 32.2 Å². The summed E-state index contributed by atoms with van der Waals surface area (Å²) < 4.78 is 29.3. The molecule has 3 fully saturated rings. The molecule has 1 saturated heterocycles. The molecule has 1 atom stereocenters. The predicted molar refractivity (Wildman–Crippen MR) is 79.6 cm³/mol. The van der Waals surface area contributed by atoms with Gasteiger partial charge in [0.1, 0.15) is 0 Å². The Bertz CT molecular complexity index is 430. The molecule has 0 radical (unpaired) electrons. The highest BCUT2D eigenvalue weighted by molar-refractivity contribution is 7.87. The normalized spacial score (nSPS) is 35.8. The molecule has 0 bridgehead atoms. The smallest absolute Gasteiger partial charge is 0.279 e. The van der Waals surface area contributed by atoms with E-state index < -0.39 is 10.2 Å². The Balaban J connectivity index is 1.49. The molecule has 0 aromatic carbocycles. The Morgan fingerprint density at radius 1 is 1.15 bits per heavy atom. The fourth-order valence-electron chi connectivity index (χ4n) is 3.32. The summed E-state index contributed by atoms with van der Waals surface area (Å²) in [6.45, 7) is 4.50. The van der Waals surface area contributed by atoms with Gasteiger partial charge >= 0.3 is 0 Å². The van der Waals surface area contributed by atoms with E-state index in [0.29, 0.717) is 31.0 Å². The molecule has 6 heteroatoms. The van der Waals surface area contributed by atoms with Crippen molar-refractivity contribution in [3.63, 3.8) is 0 Å². The fraction of sp³-hybridized carbons (Fsp3) is 1.00. The van der Waals surface area contributed by atoms with Gasteiger partial charge in [-0.3, -0.25) is 0 Å². The van der Waals surface area contributed by atoms with Gasteiger partial charge in [0.05, 0.1) is 0 Å². The number of nitrogens with zero attached hydrogens (tertiary/aromatic N) is 1. The van der Waals surface area contributed by atoms with Crippen LogP contribution in [0, 0.1) is 11.8 Å². The summed E-state index contributed by atoms with van der Waals surface area (Å²) in [5.41, 5.74) is 0. The van der Waals surface area contributed by atoms with Gasteiger partial charge in [-0.25, -0.2) is 0 Å². The van der Waals surface area contributed by atoms with Crippen LogP contribution in [-0.2, 0) is 10.2 Å². The van der Waals surface area contributed by atoms with E-state index in [9.17, 15) is 8.42 Å². The minimum Gasteiger partial charge on any atom is -0.314 e. The number of rotatable bonds is 6. The highest BCUT2D eigenvalue weighted by Gasteiger charge is 2.34. The lowest BCUT2D eigenvalue weighted by Crippen LogP contribution is -2.52. The monoisotopic (exact) mass is 301 g/mol. The molecule has 2 saturated carbocycles. The summed E-state index contributed by atoms with van der Waals surface area (Å²) >= 11 is 0. The van der Waals surface area contributed by atoms with Gasteiger partial charge in [-0.2, -0.15) is 17.4 Å². The molecule has 1 unspecified atom stereocenters. The Morgan fingerprint density at radius 3 is 2.55 bits per heavy atom. The maximum atomic E-state index is 12.4. The molecule has 20 heavy (non-hydrogen) atoms. The molecule has 1 heterocycles. The van der Waals surface area contributed by atoms with E-state index in [2.05, 4.69) is 17.0 Å². The van der Waals surface area contributed by atoms with E-state index in [1.165, 1.54) is 12.8 Å². The molecule has 2 N–H and O–H groups in total. The van der Waals surface area contributed by atoms with Crippen molar-refractivity contribution < 1.29 is 8.42 Å². The number of hydrogen-bond donors (Lipinski definition) is 2. The van der Waals surface area contributed by atoms with Crippen molar-refractivity contribution in [2.45, 2.75) is 57.5 Å². The van der Waals surface area contributed by atoms with Crippen LogP contribution in [0.15, 0.2) is 0 Å². The van der Waals surface area contributed by atoms with Crippen molar-refractivity contribution in [2.24, 2.45) is 11.8 Å². The third-order valence-corrected chi connectivity index (χ3v) is 6.43. The number of hydrogen-bond acceptors (Lipinski definition) is 3. The minimum atomic E-state index is -3.27. The lowest BCUT2D eigenvalue weighted by Gasteiger charge is -2.37. The third-order valence-electron chi connectivity index (χ3n) is 4.78. The van der Waals surface area contributed by atoms with Crippen molar-refractivity contribution in [1.82, 2.24) is 14.3 Å². The van der Waals surface area contributed by atoms with Gasteiger partial charge in [-0.1, -0.05) is 6.92 Å². The van der Waals surface area contributed by atoms with Crippen LogP contribution in [-0.4, -0.2) is 44.4 Å². The van der Waals surface area contributed by atoms with Crippen LogP contribution in [0.25, 0.3) is 0 Å². The second kappa shape index (κ2) is 5.91. The van der Waals surface area contributed by atoms with E-state index in [4.69, 9.17) is 0 Å². The van der Waals surface area contributed by atoms with Crippen LogP contribution < -0.4 is 10.0 Å². The van der Waals surface area contributed by atoms with Crippen LogP contribution in [0.5, 0.6) is 0 Å². The molecule has 0 spiro atoms. The summed E-state index contributed by atoms with van der Waals surface area (Å²) in [6.07, 6.45) is 6.68. The number of nitrogens with one attached hydrogen (secondary N) is 2. The number of piperidine rings is 1. The van der Waals surface area contributed by atoms with Crippen LogP contribution >= 0.6 is 0 Å². The summed E-state index contributed by atoms with van der Waals surface area (Å²) in [6, 6.07) is 0.872. The summed E-state index contributed by atoms with van der Waals surface area (Å²) in [4.78, 5) is 0. The minimum absolute atomic E-state index is 0.167. The summed E-state index contributed by atoms with van der Waals surface area (Å²) in [5, 5.41) is 3.53. The van der Waals surface area contributed by atoms with Crippen molar-refractivity contribution in [2.75, 3.05) is 19.6 Å². The molecule has 3 aliphatic rings. The van der Waals surface area contributed by atoms with E-state index in [1.807, 2.05) is 0 Å². The Kier molecular flexibility index (Phi) is 4.36. The fourth-order valence-corrected chi connectivity index (χ4v) is 4.86. The van der Waals surface area contributed by atoms with Gasteiger partial charge in [0.2, 0.25) is 0 Å². The van der Waals surface area contributed by atoms with Gasteiger partial charge in [0, 0.05) is 25.2 Å². The molecule has 5 nitrogen and oxygen atoms in total. The lowest BCUT2D eigenvalue weighted by molar-refractivity contribution is 0.238. The van der Waals surface area contributed by atoms with Crippen molar-refractivity contribution >= 4 is 10.2 Å². The molecule has 2 aliphatic carbocycles. The zero-order chi connectivity index (χ0) is 14.2. The SMILES string of the molecule is CC1CC(NS(=O)(=O)N2CCCC(CNC3CC3)C2)C1. The molecule has 0 aromatic rings. The van der Waals surface area contributed by atoms with Crippen molar-refractivity contribution in [1.29, 1.82) is 0 Å². The molecule has 0 aromatic heterocycles. The second-order valence-corrected chi connectivity index (χ2v) is 8.65. The van der Waals surface area contributed by atoms with Gasteiger partial charge in [-0.05, 0) is 56.9 Å². The van der Waals surface area contributed by atoms with E-state index in [1.54, 1.807) is 4.31 Å². The summed E-state index contributed by atoms with van der Waals surface area (Å²) in [7, 11) is -3.27. The van der Waals surface area contributed by atoms with Gasteiger partial charge in [-0.15, -0.1) is 0 Å². The van der Waals surface area contributed by atoms with Crippen LogP contribution in [0.4, 0.5) is 0 Å². The van der Waals surface area contributed by atoms with Crippen molar-refractivity contribution in [3.05, 3.63) is 0 Å². The largest absolute Gasteiger partial charge is 0.314 e.